The summed E-state index contributed by atoms with van der Waals surface area (Å²) in [5.74, 6) is -2.16. The van der Waals surface area contributed by atoms with Crippen molar-refractivity contribution in [1.82, 2.24) is 5.32 Å². The topological polar surface area (TPSA) is 81.4 Å². The van der Waals surface area contributed by atoms with Crippen LogP contribution in [0.3, 0.4) is 0 Å². The van der Waals surface area contributed by atoms with Crippen LogP contribution in [-0.2, 0) is 9.53 Å². The van der Waals surface area contributed by atoms with Gasteiger partial charge in [-0.25, -0.2) is 4.39 Å². The second-order valence-electron chi connectivity index (χ2n) is 3.49. The first-order valence-corrected chi connectivity index (χ1v) is 5.38. The van der Waals surface area contributed by atoms with Gasteiger partial charge in [-0.1, -0.05) is 17.7 Å². The third-order valence-electron chi connectivity index (χ3n) is 2.18. The van der Waals surface area contributed by atoms with Gasteiger partial charge in [0.15, 0.2) is 0 Å². The number of halogens is 2. The highest BCUT2D eigenvalue weighted by Crippen LogP contribution is 2.19. The van der Waals surface area contributed by atoms with Crippen molar-refractivity contribution < 1.29 is 18.7 Å². The molecule has 2 amide bonds. The average Bonchev–Trinajstić information content (AvgIpc) is 2.31. The summed E-state index contributed by atoms with van der Waals surface area (Å²) in [7, 11) is 1.36. The van der Waals surface area contributed by atoms with E-state index in [1.54, 1.807) is 0 Å². The monoisotopic (exact) mass is 274 g/mol. The number of carbonyl (C=O) groups is 2. The molecule has 0 radical (unpaired) electrons. The van der Waals surface area contributed by atoms with Gasteiger partial charge in [-0.15, -0.1) is 0 Å². The van der Waals surface area contributed by atoms with Gasteiger partial charge in [-0.05, 0) is 12.1 Å². The first-order valence-electron chi connectivity index (χ1n) is 5.00. The van der Waals surface area contributed by atoms with Gasteiger partial charge < -0.3 is 15.8 Å². The van der Waals surface area contributed by atoms with E-state index in [2.05, 4.69) is 5.32 Å². The summed E-state index contributed by atoms with van der Waals surface area (Å²) < 4.78 is 17.9. The lowest BCUT2D eigenvalue weighted by molar-refractivity contribution is -0.121. The van der Waals surface area contributed by atoms with Crippen molar-refractivity contribution in [3.8, 4) is 0 Å². The number of methoxy groups -OCH3 is 1. The lowest BCUT2D eigenvalue weighted by Gasteiger charge is -2.14. The fourth-order valence-electron chi connectivity index (χ4n) is 1.28. The maximum absolute atomic E-state index is 13.2. The summed E-state index contributed by atoms with van der Waals surface area (Å²) in [5, 5.41) is 2.00. The first-order chi connectivity index (χ1) is 8.47. The van der Waals surface area contributed by atoms with E-state index in [0.717, 1.165) is 6.07 Å². The molecule has 0 aliphatic carbocycles. The van der Waals surface area contributed by atoms with E-state index < -0.39 is 23.7 Å². The van der Waals surface area contributed by atoms with Crippen molar-refractivity contribution in [3.63, 3.8) is 0 Å². The fraction of sp³-hybridized carbons (Fsp3) is 0.273. The van der Waals surface area contributed by atoms with E-state index in [9.17, 15) is 14.0 Å². The zero-order valence-corrected chi connectivity index (χ0v) is 10.3. The summed E-state index contributed by atoms with van der Waals surface area (Å²) in [4.78, 5) is 22.8. The average molecular weight is 275 g/mol. The van der Waals surface area contributed by atoms with Crippen molar-refractivity contribution in [2.45, 2.75) is 6.04 Å². The number of hydrogen-bond donors (Lipinski definition) is 2. The van der Waals surface area contributed by atoms with Gasteiger partial charge in [-0.3, -0.25) is 9.59 Å². The number of hydrogen-bond acceptors (Lipinski definition) is 3. The number of amides is 2. The van der Waals surface area contributed by atoms with Gasteiger partial charge in [0, 0.05) is 7.11 Å². The first kappa shape index (κ1) is 14.4. The smallest absolute Gasteiger partial charge is 0.253 e. The van der Waals surface area contributed by atoms with E-state index in [-0.39, 0.29) is 17.2 Å². The number of benzene rings is 1. The minimum atomic E-state index is -0.998. The molecule has 1 aromatic carbocycles. The number of nitrogens with two attached hydrogens (primary N) is 1. The summed E-state index contributed by atoms with van der Waals surface area (Å²) in [6, 6.07) is 2.80. The van der Waals surface area contributed by atoms with Crippen LogP contribution >= 0.6 is 11.6 Å². The van der Waals surface area contributed by atoms with Crippen LogP contribution in [0.1, 0.15) is 10.4 Å². The number of rotatable bonds is 5. The standard InChI is InChI=1S/C11H12ClFN2O3/c1-18-5-8(10(14)16)15-11(17)6-3-2-4-7(13)9(6)12/h2-4,8H,5H2,1H3,(H2,14,16)(H,15,17)/t8-/m1/s1. The van der Waals surface area contributed by atoms with Gasteiger partial charge in [0.1, 0.15) is 11.9 Å². The molecule has 18 heavy (non-hydrogen) atoms. The SMILES string of the molecule is COC[C@@H](NC(=O)c1cccc(F)c1Cl)C(N)=O. The Morgan fingerprint density at radius 2 is 2.22 bits per heavy atom. The van der Waals surface area contributed by atoms with Crippen molar-refractivity contribution in [3.05, 3.63) is 34.6 Å². The zero-order chi connectivity index (χ0) is 13.7. The quantitative estimate of drug-likeness (QED) is 0.830. The molecule has 0 heterocycles. The summed E-state index contributed by atoms with van der Waals surface area (Å²) in [6.07, 6.45) is 0. The molecule has 0 saturated heterocycles. The molecule has 0 saturated carbocycles. The van der Waals surface area contributed by atoms with Crippen LogP contribution in [-0.4, -0.2) is 31.6 Å². The van der Waals surface area contributed by atoms with E-state index in [1.807, 2.05) is 0 Å². The Labute approximate surface area is 108 Å². The van der Waals surface area contributed by atoms with Gasteiger partial charge in [-0.2, -0.15) is 0 Å². The Hall–Kier alpha value is -1.66. The Bertz CT molecular complexity index is 468. The van der Waals surface area contributed by atoms with E-state index in [1.165, 1.54) is 19.2 Å². The van der Waals surface area contributed by atoms with Crippen molar-refractivity contribution in [2.24, 2.45) is 5.73 Å². The van der Waals surface area contributed by atoms with Gasteiger partial charge in [0.25, 0.3) is 5.91 Å². The summed E-state index contributed by atoms with van der Waals surface area (Å²) in [5.41, 5.74) is 5.01. The maximum atomic E-state index is 13.2. The van der Waals surface area contributed by atoms with Crippen molar-refractivity contribution >= 4 is 23.4 Å². The molecule has 0 bridgehead atoms. The van der Waals surface area contributed by atoms with E-state index >= 15 is 0 Å². The molecular formula is C11H12ClFN2O3. The highest BCUT2D eigenvalue weighted by molar-refractivity contribution is 6.34. The molecule has 0 fully saturated rings. The second kappa shape index (κ2) is 6.32. The third kappa shape index (κ3) is 3.41. The molecule has 0 aromatic heterocycles. The molecule has 0 spiro atoms. The number of carbonyl (C=O) groups excluding carboxylic acids is 2. The molecule has 98 valence electrons. The number of nitrogens with one attached hydrogen (secondary N) is 1. The molecule has 5 nitrogen and oxygen atoms in total. The predicted octanol–water partition coefficient (Wildman–Crippen LogP) is 0.709. The van der Waals surface area contributed by atoms with Crippen LogP contribution in [0.2, 0.25) is 5.02 Å². The Morgan fingerprint density at radius 1 is 1.56 bits per heavy atom. The van der Waals surface area contributed by atoms with Crippen molar-refractivity contribution in [2.75, 3.05) is 13.7 Å². The fourth-order valence-corrected chi connectivity index (χ4v) is 1.49. The Morgan fingerprint density at radius 3 is 2.78 bits per heavy atom. The molecule has 0 unspecified atom stereocenters. The van der Waals surface area contributed by atoms with Crippen LogP contribution < -0.4 is 11.1 Å². The molecule has 1 atom stereocenters. The third-order valence-corrected chi connectivity index (χ3v) is 2.56. The molecule has 0 aliphatic rings. The normalized spacial score (nSPS) is 11.9. The highest BCUT2D eigenvalue weighted by Gasteiger charge is 2.21. The zero-order valence-electron chi connectivity index (χ0n) is 9.57. The van der Waals surface area contributed by atoms with Gasteiger partial charge in [0.2, 0.25) is 5.91 Å². The van der Waals surface area contributed by atoms with Crippen LogP contribution in [0.4, 0.5) is 4.39 Å². The summed E-state index contributed by atoms with van der Waals surface area (Å²) >= 11 is 5.64. The molecule has 1 aromatic rings. The predicted molar refractivity (Wildman–Crippen MR) is 63.7 cm³/mol. The van der Waals surface area contributed by atoms with Gasteiger partial charge in [0.05, 0.1) is 17.2 Å². The summed E-state index contributed by atoms with van der Waals surface area (Å²) in [6.45, 7) is -0.0754. The minimum Gasteiger partial charge on any atom is -0.382 e. The van der Waals surface area contributed by atoms with Crippen LogP contribution in [0, 0.1) is 5.82 Å². The number of ether oxygens (including phenoxy) is 1. The Balaban J connectivity index is 2.87. The molecular weight excluding hydrogens is 263 g/mol. The van der Waals surface area contributed by atoms with Crippen LogP contribution in [0.5, 0.6) is 0 Å². The Kier molecular flexibility index (Phi) is 5.06. The van der Waals surface area contributed by atoms with E-state index in [0.29, 0.717) is 0 Å². The second-order valence-corrected chi connectivity index (χ2v) is 3.86. The molecule has 3 N–H and O–H groups in total. The van der Waals surface area contributed by atoms with Crippen LogP contribution in [0.15, 0.2) is 18.2 Å². The highest BCUT2D eigenvalue weighted by atomic mass is 35.5. The van der Waals surface area contributed by atoms with E-state index in [4.69, 9.17) is 22.1 Å². The number of primary amides is 1. The van der Waals surface area contributed by atoms with Crippen LogP contribution in [0.25, 0.3) is 0 Å². The van der Waals surface area contributed by atoms with Gasteiger partial charge >= 0.3 is 0 Å². The molecule has 1 rings (SSSR count). The maximum Gasteiger partial charge on any atom is 0.253 e. The molecule has 7 heteroatoms. The van der Waals surface area contributed by atoms with Crippen molar-refractivity contribution in [1.29, 1.82) is 0 Å². The lowest BCUT2D eigenvalue weighted by Crippen LogP contribution is -2.47. The molecule has 0 aliphatic heterocycles. The minimum absolute atomic E-state index is 0.0704. The lowest BCUT2D eigenvalue weighted by atomic mass is 10.2. The largest absolute Gasteiger partial charge is 0.382 e.